The fourth-order valence-electron chi connectivity index (χ4n) is 3.89. The molecule has 110 valence electrons. The highest BCUT2D eigenvalue weighted by Crippen LogP contribution is 2.65. The molecule has 0 radical (unpaired) electrons. The van der Waals surface area contributed by atoms with Gasteiger partial charge in [-0.25, -0.2) is 4.98 Å². The molecule has 1 heterocycles. The molecule has 0 aliphatic heterocycles. The molecule has 0 amide bonds. The van der Waals surface area contributed by atoms with E-state index in [-0.39, 0.29) is 0 Å². The van der Waals surface area contributed by atoms with Gasteiger partial charge in [0, 0.05) is 5.92 Å². The van der Waals surface area contributed by atoms with Gasteiger partial charge in [0.2, 0.25) is 5.89 Å². The van der Waals surface area contributed by atoms with Crippen LogP contribution in [0.4, 0.5) is 0 Å². The van der Waals surface area contributed by atoms with Crippen molar-refractivity contribution in [1.82, 2.24) is 10.3 Å². The highest BCUT2D eigenvalue weighted by Gasteiger charge is 2.55. The van der Waals surface area contributed by atoms with Crippen LogP contribution in [0.15, 0.2) is 34.9 Å². The van der Waals surface area contributed by atoms with Crippen molar-refractivity contribution in [2.24, 2.45) is 5.92 Å². The molecule has 1 fully saturated rings. The number of rotatable bonds is 5. The summed E-state index contributed by atoms with van der Waals surface area (Å²) in [5, 5.41) is 3.35. The Kier molecular flexibility index (Phi) is 3.30. The third kappa shape index (κ3) is 2.30. The largest absolute Gasteiger partial charge is 0.444 e. The smallest absolute Gasteiger partial charge is 0.208 e. The highest BCUT2D eigenvalue weighted by atomic mass is 16.4. The van der Waals surface area contributed by atoms with Crippen LogP contribution < -0.4 is 5.32 Å². The number of fused-ring (bicyclic) bond motifs is 3. The van der Waals surface area contributed by atoms with E-state index in [1.807, 2.05) is 6.20 Å². The summed E-state index contributed by atoms with van der Waals surface area (Å²) in [6.45, 7) is 3.92. The minimum Gasteiger partial charge on any atom is -0.444 e. The zero-order valence-electron chi connectivity index (χ0n) is 12.5. The molecule has 1 saturated carbocycles. The van der Waals surface area contributed by atoms with Crippen molar-refractivity contribution in [3.63, 3.8) is 0 Å². The molecule has 3 nitrogen and oxygen atoms in total. The van der Waals surface area contributed by atoms with Crippen molar-refractivity contribution < 1.29 is 4.42 Å². The maximum Gasteiger partial charge on any atom is 0.208 e. The lowest BCUT2D eigenvalue weighted by molar-refractivity contribution is 0.431. The second kappa shape index (κ2) is 5.30. The van der Waals surface area contributed by atoms with Gasteiger partial charge in [-0.2, -0.15) is 0 Å². The predicted molar refractivity (Wildman–Crippen MR) is 82.2 cm³/mol. The van der Waals surface area contributed by atoms with Crippen molar-refractivity contribution in [3.05, 3.63) is 53.2 Å². The lowest BCUT2D eigenvalue weighted by atomic mass is 9.92. The monoisotopic (exact) mass is 282 g/mol. The van der Waals surface area contributed by atoms with Gasteiger partial charge in [0.05, 0.1) is 12.7 Å². The minimum atomic E-state index is 0.557. The van der Waals surface area contributed by atoms with E-state index in [1.54, 1.807) is 5.56 Å². The van der Waals surface area contributed by atoms with Gasteiger partial charge in [-0.1, -0.05) is 31.2 Å². The van der Waals surface area contributed by atoms with Crippen LogP contribution in [0, 0.1) is 5.92 Å². The van der Waals surface area contributed by atoms with Gasteiger partial charge in [-0.05, 0) is 48.8 Å². The second-order valence-corrected chi connectivity index (χ2v) is 6.29. The van der Waals surface area contributed by atoms with Crippen molar-refractivity contribution in [2.75, 3.05) is 6.54 Å². The number of benzene rings is 1. The Bertz CT molecular complexity index is 634. The molecule has 0 bridgehead atoms. The summed E-state index contributed by atoms with van der Waals surface area (Å²) in [5.41, 5.74) is 3.08. The number of aryl methyl sites for hydroxylation is 1. The van der Waals surface area contributed by atoms with E-state index in [2.05, 4.69) is 41.5 Å². The lowest BCUT2D eigenvalue weighted by Crippen LogP contribution is -2.13. The van der Waals surface area contributed by atoms with E-state index < -0.39 is 0 Å². The van der Waals surface area contributed by atoms with Crippen LogP contribution >= 0.6 is 0 Å². The van der Waals surface area contributed by atoms with Crippen molar-refractivity contribution >= 4 is 0 Å². The van der Waals surface area contributed by atoms with Crippen LogP contribution in [-0.4, -0.2) is 11.5 Å². The van der Waals surface area contributed by atoms with Crippen LogP contribution in [0.1, 0.15) is 54.4 Å². The molecule has 2 aliphatic carbocycles. The third-order valence-electron chi connectivity index (χ3n) is 4.93. The summed E-state index contributed by atoms with van der Waals surface area (Å²) in [6.07, 6.45) is 5.59. The molecule has 2 aromatic rings. The molecule has 4 rings (SSSR count). The second-order valence-electron chi connectivity index (χ2n) is 6.29. The lowest BCUT2D eigenvalue weighted by Gasteiger charge is -2.13. The van der Waals surface area contributed by atoms with Gasteiger partial charge >= 0.3 is 0 Å². The SMILES string of the molecule is CCCNCc1ncc(C2C3CCc4ccccc4C32)o1. The average molecular weight is 282 g/mol. The zero-order chi connectivity index (χ0) is 14.2. The Hall–Kier alpha value is -1.61. The van der Waals surface area contributed by atoms with Gasteiger partial charge in [0.15, 0.2) is 0 Å². The topological polar surface area (TPSA) is 38.1 Å². The quantitative estimate of drug-likeness (QED) is 0.851. The van der Waals surface area contributed by atoms with E-state index in [0.717, 1.165) is 37.1 Å². The van der Waals surface area contributed by atoms with Crippen LogP contribution in [0.2, 0.25) is 0 Å². The van der Waals surface area contributed by atoms with Crippen LogP contribution in [0.5, 0.6) is 0 Å². The van der Waals surface area contributed by atoms with Crippen LogP contribution in [0.25, 0.3) is 0 Å². The van der Waals surface area contributed by atoms with Gasteiger partial charge in [0.1, 0.15) is 5.76 Å². The van der Waals surface area contributed by atoms with Crippen molar-refractivity contribution in [3.8, 4) is 0 Å². The standard InChI is InChI=1S/C18H22N2O/c1-2-9-19-11-16-20-10-15(21-16)18-14-8-7-12-5-3-4-6-13(12)17(14)18/h3-6,10,14,17-19H,2,7-9,11H2,1H3. The molecule has 1 aromatic carbocycles. The van der Waals surface area contributed by atoms with E-state index >= 15 is 0 Å². The Balaban J connectivity index is 1.50. The number of oxazole rings is 1. The molecule has 3 unspecified atom stereocenters. The van der Waals surface area contributed by atoms with E-state index in [1.165, 1.54) is 18.4 Å². The summed E-state index contributed by atoms with van der Waals surface area (Å²) in [5.74, 6) is 3.91. The Morgan fingerprint density at radius 1 is 1.29 bits per heavy atom. The van der Waals surface area contributed by atoms with Crippen molar-refractivity contribution in [1.29, 1.82) is 0 Å². The van der Waals surface area contributed by atoms with Crippen LogP contribution in [0.3, 0.4) is 0 Å². The first-order valence-corrected chi connectivity index (χ1v) is 8.11. The van der Waals surface area contributed by atoms with E-state index in [0.29, 0.717) is 11.8 Å². The van der Waals surface area contributed by atoms with Gasteiger partial charge in [-0.3, -0.25) is 0 Å². The molecule has 0 saturated heterocycles. The molecular weight excluding hydrogens is 260 g/mol. The minimum absolute atomic E-state index is 0.557. The number of hydrogen-bond acceptors (Lipinski definition) is 3. The first-order valence-electron chi connectivity index (χ1n) is 8.11. The summed E-state index contributed by atoms with van der Waals surface area (Å²) in [4.78, 5) is 4.43. The van der Waals surface area contributed by atoms with Crippen molar-refractivity contribution in [2.45, 2.75) is 44.6 Å². The summed E-state index contributed by atoms with van der Waals surface area (Å²) in [7, 11) is 0. The Morgan fingerprint density at radius 3 is 3.10 bits per heavy atom. The van der Waals surface area contributed by atoms with Gasteiger partial charge < -0.3 is 9.73 Å². The zero-order valence-corrected chi connectivity index (χ0v) is 12.5. The van der Waals surface area contributed by atoms with E-state index in [9.17, 15) is 0 Å². The third-order valence-corrected chi connectivity index (χ3v) is 4.93. The first kappa shape index (κ1) is 13.1. The predicted octanol–water partition coefficient (Wildman–Crippen LogP) is 3.62. The molecule has 2 aliphatic rings. The Labute approximate surface area is 125 Å². The molecule has 1 aromatic heterocycles. The van der Waals surface area contributed by atoms with E-state index in [4.69, 9.17) is 4.42 Å². The number of nitrogens with zero attached hydrogens (tertiary/aromatic N) is 1. The molecule has 3 heteroatoms. The first-order chi connectivity index (χ1) is 10.4. The molecule has 0 spiro atoms. The number of nitrogens with one attached hydrogen (secondary N) is 1. The van der Waals surface area contributed by atoms with Gasteiger partial charge in [-0.15, -0.1) is 0 Å². The highest BCUT2D eigenvalue weighted by molar-refractivity contribution is 5.43. The van der Waals surface area contributed by atoms with Gasteiger partial charge in [0.25, 0.3) is 0 Å². The molecule has 1 N–H and O–H groups in total. The average Bonchev–Trinajstić information content (AvgIpc) is 3.09. The normalized spacial score (nSPS) is 26.2. The fraction of sp³-hybridized carbons (Fsp3) is 0.500. The molecular formula is C18H22N2O. The summed E-state index contributed by atoms with van der Waals surface area (Å²) < 4.78 is 5.99. The number of hydrogen-bond donors (Lipinski definition) is 1. The maximum absolute atomic E-state index is 5.99. The van der Waals surface area contributed by atoms with Crippen LogP contribution in [-0.2, 0) is 13.0 Å². The maximum atomic E-state index is 5.99. The molecule has 21 heavy (non-hydrogen) atoms. The molecule has 3 atom stereocenters. The summed E-state index contributed by atoms with van der Waals surface area (Å²) in [6, 6.07) is 8.90. The number of aromatic nitrogens is 1. The Morgan fingerprint density at radius 2 is 2.19 bits per heavy atom. The summed E-state index contributed by atoms with van der Waals surface area (Å²) >= 11 is 0. The fourth-order valence-corrected chi connectivity index (χ4v) is 3.89.